The highest BCUT2D eigenvalue weighted by molar-refractivity contribution is 6.36. The molecule has 0 aromatic heterocycles. The Morgan fingerprint density at radius 3 is 2.52 bits per heavy atom. The minimum absolute atomic E-state index is 0.0575. The van der Waals surface area contributed by atoms with Crippen LogP contribution in [0.4, 0.5) is 5.69 Å². The maximum absolute atomic E-state index is 13.1. The number of likely N-dealkylation sites (tertiary alicyclic amines) is 1. The predicted octanol–water partition coefficient (Wildman–Crippen LogP) is 4.53. The van der Waals surface area contributed by atoms with E-state index in [2.05, 4.69) is 0 Å². The van der Waals surface area contributed by atoms with Crippen LogP contribution in [0.2, 0.25) is 10.0 Å². The van der Waals surface area contributed by atoms with Crippen LogP contribution in [0.15, 0.2) is 42.5 Å². The van der Waals surface area contributed by atoms with Gasteiger partial charge in [0.15, 0.2) is 0 Å². The molecule has 0 radical (unpaired) electrons. The fraction of sp³-hybridized carbons (Fsp3) is 0.263. The minimum Gasteiger partial charge on any atom is -0.324 e. The number of halogens is 2. The molecule has 2 aromatic rings. The molecule has 0 N–H and O–H groups in total. The third-order valence-electron chi connectivity index (χ3n) is 4.23. The Morgan fingerprint density at radius 2 is 1.88 bits per heavy atom. The number of aryl methyl sites for hydroxylation is 1. The van der Waals surface area contributed by atoms with Crippen molar-refractivity contribution in [2.24, 2.45) is 0 Å². The molecule has 1 saturated heterocycles. The molecule has 3 rings (SSSR count). The van der Waals surface area contributed by atoms with E-state index >= 15 is 0 Å². The van der Waals surface area contributed by atoms with Crippen LogP contribution in [0.1, 0.15) is 28.8 Å². The van der Waals surface area contributed by atoms with Gasteiger partial charge in [0.2, 0.25) is 5.91 Å². The van der Waals surface area contributed by atoms with E-state index in [-0.39, 0.29) is 18.5 Å². The Kier molecular flexibility index (Phi) is 5.30. The molecule has 25 heavy (non-hydrogen) atoms. The number of hydrogen-bond acceptors (Lipinski definition) is 2. The second-order valence-corrected chi connectivity index (χ2v) is 6.94. The van der Waals surface area contributed by atoms with Gasteiger partial charge in [-0.15, -0.1) is 0 Å². The van der Waals surface area contributed by atoms with Crippen LogP contribution in [-0.4, -0.2) is 29.9 Å². The van der Waals surface area contributed by atoms with Crippen LogP contribution >= 0.6 is 23.2 Å². The first-order chi connectivity index (χ1) is 12.0. The number of carbonyl (C=O) groups is 2. The lowest BCUT2D eigenvalue weighted by Gasteiger charge is -2.28. The molecule has 6 heteroatoms. The van der Waals surface area contributed by atoms with E-state index in [0.29, 0.717) is 34.3 Å². The van der Waals surface area contributed by atoms with Gasteiger partial charge in [-0.1, -0.05) is 40.9 Å². The Labute approximate surface area is 156 Å². The number of amides is 2. The Morgan fingerprint density at radius 1 is 1.16 bits per heavy atom. The van der Waals surface area contributed by atoms with Gasteiger partial charge < -0.3 is 4.90 Å². The van der Waals surface area contributed by atoms with Gasteiger partial charge in [-0.25, -0.2) is 0 Å². The van der Waals surface area contributed by atoms with Crippen molar-refractivity contribution in [3.63, 3.8) is 0 Å². The third kappa shape index (κ3) is 3.97. The Hall–Kier alpha value is -2.04. The number of nitrogens with zero attached hydrogens (tertiary/aromatic N) is 2. The summed E-state index contributed by atoms with van der Waals surface area (Å²) in [7, 11) is 0. The van der Waals surface area contributed by atoms with E-state index in [9.17, 15) is 9.59 Å². The van der Waals surface area contributed by atoms with Crippen molar-refractivity contribution >= 4 is 40.7 Å². The van der Waals surface area contributed by atoms with Crippen LogP contribution in [0.5, 0.6) is 0 Å². The molecule has 0 atom stereocenters. The summed E-state index contributed by atoms with van der Waals surface area (Å²) >= 11 is 12.2. The lowest BCUT2D eigenvalue weighted by molar-refractivity contribution is -0.127. The van der Waals surface area contributed by atoms with Crippen molar-refractivity contribution in [3.8, 4) is 0 Å². The van der Waals surface area contributed by atoms with E-state index in [1.165, 1.54) is 0 Å². The van der Waals surface area contributed by atoms with Crippen LogP contribution in [0, 0.1) is 6.92 Å². The lowest BCUT2D eigenvalue weighted by atomic mass is 10.1. The SMILES string of the molecule is Cc1ccc(N(CN2CCCC2=O)C(=O)c2cc(Cl)ccc2Cl)cc1. The van der Waals surface area contributed by atoms with Gasteiger partial charge in [0.05, 0.1) is 10.6 Å². The highest BCUT2D eigenvalue weighted by atomic mass is 35.5. The maximum atomic E-state index is 13.1. The van der Waals surface area contributed by atoms with Crippen molar-refractivity contribution < 1.29 is 9.59 Å². The zero-order valence-electron chi connectivity index (χ0n) is 13.8. The van der Waals surface area contributed by atoms with Gasteiger partial charge in [0.1, 0.15) is 6.67 Å². The Bertz CT molecular complexity index is 806. The summed E-state index contributed by atoms with van der Waals surface area (Å²) < 4.78 is 0. The molecular formula is C19H18Cl2N2O2. The van der Waals surface area contributed by atoms with Crippen LogP contribution in [0.25, 0.3) is 0 Å². The zero-order valence-corrected chi connectivity index (χ0v) is 15.3. The van der Waals surface area contributed by atoms with Gasteiger partial charge >= 0.3 is 0 Å². The standard InChI is InChI=1S/C19H18Cl2N2O2/c1-13-4-7-15(8-5-13)23(12-22-10-2-3-18(22)24)19(25)16-11-14(20)6-9-17(16)21/h4-9,11H,2-3,10,12H2,1H3. The monoisotopic (exact) mass is 376 g/mol. The highest BCUT2D eigenvalue weighted by Crippen LogP contribution is 2.26. The van der Waals surface area contributed by atoms with Gasteiger partial charge in [0.25, 0.3) is 5.91 Å². The minimum atomic E-state index is -0.281. The summed E-state index contributed by atoms with van der Waals surface area (Å²) in [5, 5.41) is 0.771. The molecule has 130 valence electrons. The fourth-order valence-electron chi connectivity index (χ4n) is 2.82. The molecule has 2 amide bonds. The normalized spacial score (nSPS) is 14.0. The molecule has 4 nitrogen and oxygen atoms in total. The van der Waals surface area contributed by atoms with Crippen molar-refractivity contribution in [1.82, 2.24) is 4.90 Å². The quantitative estimate of drug-likeness (QED) is 0.786. The summed E-state index contributed by atoms with van der Waals surface area (Å²) in [5.41, 5.74) is 2.13. The van der Waals surface area contributed by atoms with Crippen molar-refractivity contribution in [2.75, 3.05) is 18.1 Å². The number of carbonyl (C=O) groups excluding carboxylic acids is 2. The molecule has 1 aliphatic rings. The van der Waals surface area contributed by atoms with E-state index in [4.69, 9.17) is 23.2 Å². The van der Waals surface area contributed by atoms with Crippen molar-refractivity contribution in [1.29, 1.82) is 0 Å². The second-order valence-electron chi connectivity index (χ2n) is 6.10. The third-order valence-corrected chi connectivity index (χ3v) is 4.80. The summed E-state index contributed by atoms with van der Waals surface area (Å²) in [6, 6.07) is 12.4. The molecule has 0 bridgehead atoms. The van der Waals surface area contributed by atoms with Crippen molar-refractivity contribution in [3.05, 3.63) is 63.6 Å². The second kappa shape index (κ2) is 7.46. The first-order valence-corrected chi connectivity index (χ1v) is 8.82. The number of rotatable bonds is 4. The smallest absolute Gasteiger partial charge is 0.261 e. The summed E-state index contributed by atoms with van der Waals surface area (Å²) in [6.07, 6.45) is 1.33. The topological polar surface area (TPSA) is 40.6 Å². The summed E-state index contributed by atoms with van der Waals surface area (Å²) in [5.74, 6) is -0.224. The van der Waals surface area contributed by atoms with Crippen LogP contribution in [-0.2, 0) is 4.79 Å². The van der Waals surface area contributed by atoms with E-state index in [1.807, 2.05) is 31.2 Å². The average molecular weight is 377 g/mol. The molecule has 0 aliphatic carbocycles. The van der Waals surface area contributed by atoms with Crippen molar-refractivity contribution in [2.45, 2.75) is 19.8 Å². The number of benzene rings is 2. The average Bonchev–Trinajstić information content (AvgIpc) is 3.00. The molecule has 1 heterocycles. The number of hydrogen-bond donors (Lipinski definition) is 0. The molecule has 1 fully saturated rings. The van der Waals surface area contributed by atoms with E-state index in [1.54, 1.807) is 28.0 Å². The first-order valence-electron chi connectivity index (χ1n) is 8.07. The lowest BCUT2D eigenvalue weighted by Crippen LogP contribution is -2.42. The summed E-state index contributed by atoms with van der Waals surface area (Å²) in [4.78, 5) is 28.4. The molecule has 0 saturated carbocycles. The maximum Gasteiger partial charge on any atom is 0.261 e. The van der Waals surface area contributed by atoms with Gasteiger partial charge in [-0.05, 0) is 43.7 Å². The Balaban J connectivity index is 1.97. The molecule has 0 spiro atoms. The fourth-order valence-corrected chi connectivity index (χ4v) is 3.19. The van der Waals surface area contributed by atoms with Gasteiger partial charge in [-0.2, -0.15) is 0 Å². The van der Waals surface area contributed by atoms with Gasteiger partial charge in [-0.3, -0.25) is 14.5 Å². The van der Waals surface area contributed by atoms with Crippen LogP contribution < -0.4 is 4.90 Å². The molecule has 1 aliphatic heterocycles. The van der Waals surface area contributed by atoms with E-state index in [0.717, 1.165) is 12.0 Å². The number of anilines is 1. The first kappa shape index (κ1) is 17.8. The van der Waals surface area contributed by atoms with E-state index < -0.39 is 0 Å². The highest BCUT2D eigenvalue weighted by Gasteiger charge is 2.27. The molecule has 2 aromatic carbocycles. The molecular weight excluding hydrogens is 359 g/mol. The molecule has 0 unspecified atom stereocenters. The zero-order chi connectivity index (χ0) is 18.0. The van der Waals surface area contributed by atoms with Gasteiger partial charge in [0, 0.05) is 23.7 Å². The van der Waals surface area contributed by atoms with Crippen LogP contribution in [0.3, 0.4) is 0 Å². The predicted molar refractivity (Wildman–Crippen MR) is 100 cm³/mol. The largest absolute Gasteiger partial charge is 0.324 e. The summed E-state index contributed by atoms with van der Waals surface area (Å²) in [6.45, 7) is 2.83.